The van der Waals surface area contributed by atoms with E-state index in [2.05, 4.69) is 0 Å². The van der Waals surface area contributed by atoms with Crippen molar-refractivity contribution in [1.82, 2.24) is 0 Å². The summed E-state index contributed by atoms with van der Waals surface area (Å²) < 4.78 is 15.7. The summed E-state index contributed by atoms with van der Waals surface area (Å²) in [6.45, 7) is 0.397. The molecule has 1 aliphatic rings. The van der Waals surface area contributed by atoms with Crippen molar-refractivity contribution < 1.29 is 18.9 Å². The second-order valence-corrected chi connectivity index (χ2v) is 3.28. The molecule has 0 amide bonds. The maximum absolute atomic E-state index is 9.79. The zero-order chi connectivity index (χ0) is 10.4. The van der Waals surface area contributed by atoms with E-state index in [9.17, 15) is 5.11 Å². The second kappa shape index (κ2) is 2.90. The van der Waals surface area contributed by atoms with E-state index in [4.69, 9.17) is 19.5 Å². The molecule has 1 aromatic carbocycles. The van der Waals surface area contributed by atoms with Crippen molar-refractivity contribution in [2.24, 2.45) is 5.73 Å². The van der Waals surface area contributed by atoms with Crippen LogP contribution in [0.5, 0.6) is 17.2 Å². The molecule has 15 heavy (non-hydrogen) atoms. The van der Waals surface area contributed by atoms with E-state index >= 15 is 0 Å². The van der Waals surface area contributed by atoms with Crippen molar-refractivity contribution in [1.29, 1.82) is 0 Å². The first-order valence-corrected chi connectivity index (χ1v) is 4.53. The molecule has 6 heteroatoms. The van der Waals surface area contributed by atoms with Crippen LogP contribution in [0.3, 0.4) is 0 Å². The summed E-state index contributed by atoms with van der Waals surface area (Å²) >= 11 is 0. The Bertz CT molecular complexity index is 536. The van der Waals surface area contributed by atoms with Crippen molar-refractivity contribution in [3.8, 4) is 17.2 Å². The van der Waals surface area contributed by atoms with Gasteiger partial charge in [0.15, 0.2) is 0 Å². The van der Waals surface area contributed by atoms with Crippen molar-refractivity contribution in [2.45, 2.75) is 6.54 Å². The van der Waals surface area contributed by atoms with Crippen LogP contribution in [0.15, 0.2) is 10.4 Å². The number of hydrogen-bond acceptors (Lipinski definition) is 5. The number of fused-ring (bicyclic) bond motifs is 3. The first kappa shape index (κ1) is 8.61. The van der Waals surface area contributed by atoms with E-state index in [-0.39, 0.29) is 19.1 Å². The van der Waals surface area contributed by atoms with Gasteiger partial charge in [0.2, 0.25) is 0 Å². The summed E-state index contributed by atoms with van der Waals surface area (Å²) in [6, 6.07) is 1.51. The van der Waals surface area contributed by atoms with Crippen LogP contribution in [-0.4, -0.2) is 19.0 Å². The van der Waals surface area contributed by atoms with Gasteiger partial charge in [0.1, 0.15) is 0 Å². The number of phenolic OH excluding ortho intramolecular Hbond substituents is 1. The van der Waals surface area contributed by atoms with E-state index in [1.165, 1.54) is 13.2 Å². The predicted octanol–water partition coefficient (Wildman–Crippen LogP) is 0.664. The Kier molecular flexibility index (Phi) is 1.66. The van der Waals surface area contributed by atoms with Gasteiger partial charge in [0.25, 0.3) is 0 Å². The molecule has 0 saturated heterocycles. The van der Waals surface area contributed by atoms with Crippen LogP contribution >= 0.6 is 0 Å². The van der Waals surface area contributed by atoms with Crippen molar-refractivity contribution in [3.63, 3.8) is 0 Å². The van der Waals surface area contributed by atoms with Gasteiger partial charge in [0.05, 0.1) is 0 Å². The minimum atomic E-state index is 0.100. The maximum atomic E-state index is 9.79. The van der Waals surface area contributed by atoms with Crippen LogP contribution in [-0.2, 0) is 6.54 Å². The van der Waals surface area contributed by atoms with Crippen LogP contribution in [0.4, 0.5) is 0 Å². The van der Waals surface area contributed by atoms with Gasteiger partial charge in [-0.05, 0) is 0 Å². The summed E-state index contributed by atoms with van der Waals surface area (Å²) in [4.78, 5) is 0. The number of rotatable bonds is 1. The van der Waals surface area contributed by atoms with E-state index in [0.29, 0.717) is 27.9 Å². The van der Waals surface area contributed by atoms with E-state index in [0.717, 1.165) is 0 Å². The molecule has 0 unspecified atom stereocenters. The van der Waals surface area contributed by atoms with Crippen molar-refractivity contribution in [2.75, 3.05) is 6.79 Å². The Morgan fingerprint density at radius 1 is 1.47 bits per heavy atom. The van der Waals surface area contributed by atoms with Crippen LogP contribution < -0.4 is 15.2 Å². The number of benzene rings is 1. The summed E-state index contributed by atoms with van der Waals surface area (Å²) in [5.41, 5.74) is 5.50. The SMILES string of the molecule is NCc1obc2c3c(cc(O)c12)OCO3. The third-order valence-electron chi connectivity index (χ3n) is 2.46. The molecule has 1 aliphatic heterocycles. The van der Waals surface area contributed by atoms with Crippen LogP contribution in [0.25, 0.3) is 10.7 Å². The normalized spacial score (nSPS) is 13.4. The molecule has 0 fully saturated rings. The molecule has 3 rings (SSSR count). The Hall–Kier alpha value is -1.69. The van der Waals surface area contributed by atoms with Gasteiger partial charge in [-0.2, -0.15) is 0 Å². The Labute approximate surface area is 85.6 Å². The summed E-state index contributed by atoms with van der Waals surface area (Å²) in [5.74, 6) is 1.78. The number of nitrogens with two attached hydrogens (primary N) is 1. The van der Waals surface area contributed by atoms with Crippen molar-refractivity contribution in [3.05, 3.63) is 11.8 Å². The topological polar surface area (TPSA) is 77.9 Å². The third kappa shape index (κ3) is 1.05. The van der Waals surface area contributed by atoms with Gasteiger partial charge in [0, 0.05) is 0 Å². The first-order chi connectivity index (χ1) is 7.31. The Morgan fingerprint density at radius 2 is 2.33 bits per heavy atom. The predicted molar refractivity (Wildman–Crippen MR) is 53.2 cm³/mol. The fraction of sp³-hybridized carbons (Fsp3) is 0.222. The number of ether oxygens (including phenoxy) is 2. The average Bonchev–Trinajstić information content (AvgIpc) is 2.81. The van der Waals surface area contributed by atoms with Gasteiger partial charge < -0.3 is 0 Å². The fourth-order valence-electron chi connectivity index (χ4n) is 1.80. The molecule has 2 heterocycles. The Balaban J connectivity index is 2.41. The van der Waals surface area contributed by atoms with Crippen LogP contribution in [0.1, 0.15) is 5.76 Å². The molecule has 0 bridgehead atoms. The second-order valence-electron chi connectivity index (χ2n) is 3.28. The molecular formula is C9H8BNO4. The minimum absolute atomic E-state index is 0.100. The standard InChI is InChI=1S/C9H8BNO4/c11-2-6-7-4(12)1-5-9(14-3-13-5)8(7)10-15-6/h1,12H,2-3,11H2. The third-order valence-corrected chi connectivity index (χ3v) is 2.46. The van der Waals surface area contributed by atoms with Crippen molar-refractivity contribution >= 4 is 17.8 Å². The average molecular weight is 205 g/mol. The molecule has 2 aromatic rings. The number of hydrogen-bond donors (Lipinski definition) is 2. The zero-order valence-electron chi connectivity index (χ0n) is 7.82. The molecule has 0 radical (unpaired) electrons. The Morgan fingerprint density at radius 3 is 3.13 bits per heavy atom. The summed E-state index contributed by atoms with van der Waals surface area (Å²) in [6.07, 6.45) is 0. The summed E-state index contributed by atoms with van der Waals surface area (Å²) in [7, 11) is 1.52. The molecule has 0 aliphatic carbocycles. The van der Waals surface area contributed by atoms with E-state index < -0.39 is 0 Å². The molecule has 5 nitrogen and oxygen atoms in total. The molecule has 0 saturated carbocycles. The molecule has 0 atom stereocenters. The monoisotopic (exact) mass is 205 g/mol. The van der Waals surface area contributed by atoms with E-state index in [1.54, 1.807) is 0 Å². The summed E-state index contributed by atoms with van der Waals surface area (Å²) in [5, 5.41) is 11.1. The van der Waals surface area contributed by atoms with Gasteiger partial charge in [-0.25, -0.2) is 0 Å². The van der Waals surface area contributed by atoms with Crippen LogP contribution in [0.2, 0.25) is 0 Å². The number of aromatic hydroxyl groups is 1. The van der Waals surface area contributed by atoms with Gasteiger partial charge >= 0.3 is 84.9 Å². The van der Waals surface area contributed by atoms with Gasteiger partial charge in [-0.1, -0.05) is 0 Å². The zero-order valence-corrected chi connectivity index (χ0v) is 7.82. The van der Waals surface area contributed by atoms with Gasteiger partial charge in [-0.3, -0.25) is 0 Å². The van der Waals surface area contributed by atoms with E-state index in [1.807, 2.05) is 0 Å². The fourth-order valence-corrected chi connectivity index (χ4v) is 1.80. The molecule has 1 aromatic heterocycles. The molecular weight excluding hydrogens is 197 g/mol. The number of phenols is 1. The first-order valence-electron chi connectivity index (χ1n) is 4.53. The molecule has 76 valence electrons. The molecule has 0 spiro atoms. The van der Waals surface area contributed by atoms with Crippen LogP contribution in [0, 0.1) is 0 Å². The molecule has 3 N–H and O–H groups in total. The quantitative estimate of drug-likeness (QED) is 0.714. The van der Waals surface area contributed by atoms with Gasteiger partial charge in [-0.15, -0.1) is 0 Å².